The van der Waals surface area contributed by atoms with Crippen LogP contribution in [0.2, 0.25) is 0 Å². The third-order valence-electron chi connectivity index (χ3n) is 1.90. The summed E-state index contributed by atoms with van der Waals surface area (Å²) in [5, 5.41) is 0. The van der Waals surface area contributed by atoms with Crippen LogP contribution in [0, 0.1) is 0 Å². The van der Waals surface area contributed by atoms with Crippen molar-refractivity contribution in [3.63, 3.8) is 0 Å². The maximum Gasteiger partial charge on any atom is 0.349 e. The van der Waals surface area contributed by atoms with Crippen molar-refractivity contribution in [2.45, 2.75) is 6.92 Å². The zero-order valence-electron chi connectivity index (χ0n) is 9.84. The zero-order valence-corrected chi connectivity index (χ0v) is 9.84. The number of carbonyl (C=O) groups excluding carboxylic acids is 3. The summed E-state index contributed by atoms with van der Waals surface area (Å²) in [4.78, 5) is 32.9. The van der Waals surface area contributed by atoms with Gasteiger partial charge >= 0.3 is 11.9 Å². The smallest absolute Gasteiger partial charge is 0.349 e. The lowest BCUT2D eigenvalue weighted by Crippen LogP contribution is -2.19. The summed E-state index contributed by atoms with van der Waals surface area (Å²) in [6, 6.07) is 6.08. The Labute approximate surface area is 104 Å². The molecule has 0 N–H and O–H groups in total. The van der Waals surface area contributed by atoms with Gasteiger partial charge in [0.2, 0.25) is 0 Å². The Morgan fingerprint density at radius 2 is 2.11 bits per heavy atom. The van der Waals surface area contributed by atoms with Gasteiger partial charge in [-0.2, -0.15) is 0 Å². The molecule has 94 valence electrons. The molecule has 0 spiro atoms. The van der Waals surface area contributed by atoms with Gasteiger partial charge in [0, 0.05) is 11.1 Å². The molecule has 0 fully saturated rings. The molecule has 0 aliphatic carbocycles. The second-order valence-corrected chi connectivity index (χ2v) is 3.52. The molecule has 0 unspecified atom stereocenters. The molecule has 0 bridgehead atoms. The Hall–Kier alpha value is -2.43. The summed E-state index contributed by atoms with van der Waals surface area (Å²) in [5.41, 5.74) is 0.588. The summed E-state index contributed by atoms with van der Waals surface area (Å²) in [7, 11) is 0. The molecule has 5 nitrogen and oxygen atoms in total. The van der Waals surface area contributed by atoms with Crippen molar-refractivity contribution < 1.29 is 23.9 Å². The van der Waals surface area contributed by atoms with Gasteiger partial charge < -0.3 is 9.47 Å². The number of benzene rings is 1. The fraction of sp³-hybridized carbons (Fsp3) is 0.154. The van der Waals surface area contributed by atoms with Gasteiger partial charge in [0.1, 0.15) is 12.0 Å². The summed E-state index contributed by atoms with van der Waals surface area (Å²) < 4.78 is 9.49. The second kappa shape index (κ2) is 6.34. The highest BCUT2D eigenvalue weighted by Crippen LogP contribution is 2.12. The van der Waals surface area contributed by atoms with Gasteiger partial charge in [-0.15, -0.1) is 0 Å². The summed E-state index contributed by atoms with van der Waals surface area (Å²) in [5.74, 6) is -1.17. The molecule has 1 aromatic carbocycles. The van der Waals surface area contributed by atoms with E-state index in [1.165, 1.54) is 19.1 Å². The molecule has 18 heavy (non-hydrogen) atoms. The SMILES string of the molecule is C=C(C)C(=O)OCC(=O)Oc1cccc(C=O)c1. The topological polar surface area (TPSA) is 69.7 Å². The van der Waals surface area contributed by atoms with Crippen molar-refractivity contribution in [3.8, 4) is 5.75 Å². The molecular formula is C13H12O5. The van der Waals surface area contributed by atoms with Crippen LogP contribution in [0.4, 0.5) is 0 Å². The van der Waals surface area contributed by atoms with E-state index in [1.807, 2.05) is 0 Å². The van der Waals surface area contributed by atoms with Crippen molar-refractivity contribution in [2.75, 3.05) is 6.61 Å². The Morgan fingerprint density at radius 3 is 2.72 bits per heavy atom. The quantitative estimate of drug-likeness (QED) is 0.342. The highest BCUT2D eigenvalue weighted by molar-refractivity contribution is 5.88. The molecule has 0 amide bonds. The predicted molar refractivity (Wildman–Crippen MR) is 63.2 cm³/mol. The van der Waals surface area contributed by atoms with E-state index in [2.05, 4.69) is 11.3 Å². The Balaban J connectivity index is 2.51. The Kier molecular flexibility index (Phi) is 4.80. The van der Waals surface area contributed by atoms with Crippen LogP contribution in [0.15, 0.2) is 36.4 Å². The minimum Gasteiger partial charge on any atom is -0.450 e. The number of rotatable bonds is 5. The standard InChI is InChI=1S/C13H12O5/c1-9(2)13(16)17-8-12(15)18-11-5-3-4-10(6-11)7-14/h3-7H,1,8H2,2H3. The Morgan fingerprint density at radius 1 is 1.39 bits per heavy atom. The van der Waals surface area contributed by atoms with E-state index >= 15 is 0 Å². The predicted octanol–water partition coefficient (Wildman–Crippen LogP) is 1.52. The number of hydrogen-bond acceptors (Lipinski definition) is 5. The van der Waals surface area contributed by atoms with Crippen molar-refractivity contribution in [1.82, 2.24) is 0 Å². The van der Waals surface area contributed by atoms with Crippen LogP contribution in [-0.4, -0.2) is 24.8 Å². The van der Waals surface area contributed by atoms with Gasteiger partial charge in [-0.05, 0) is 19.1 Å². The van der Waals surface area contributed by atoms with Crippen molar-refractivity contribution >= 4 is 18.2 Å². The number of hydrogen-bond donors (Lipinski definition) is 0. The highest BCUT2D eigenvalue weighted by Gasteiger charge is 2.10. The van der Waals surface area contributed by atoms with Crippen molar-refractivity contribution in [3.05, 3.63) is 42.0 Å². The molecule has 0 aromatic heterocycles. The van der Waals surface area contributed by atoms with Gasteiger partial charge in [0.15, 0.2) is 6.61 Å². The number of aldehydes is 1. The molecule has 0 saturated carbocycles. The minimum atomic E-state index is -0.729. The van der Waals surface area contributed by atoms with Crippen LogP contribution in [0.1, 0.15) is 17.3 Å². The molecule has 0 radical (unpaired) electrons. The third-order valence-corrected chi connectivity index (χ3v) is 1.90. The van der Waals surface area contributed by atoms with Gasteiger partial charge in [-0.1, -0.05) is 18.7 Å². The molecule has 0 saturated heterocycles. The van der Waals surface area contributed by atoms with Crippen molar-refractivity contribution in [1.29, 1.82) is 0 Å². The highest BCUT2D eigenvalue weighted by atomic mass is 16.6. The zero-order chi connectivity index (χ0) is 13.5. The maximum absolute atomic E-state index is 11.3. The molecule has 5 heteroatoms. The fourth-order valence-electron chi connectivity index (χ4n) is 1.06. The molecule has 0 atom stereocenters. The van der Waals surface area contributed by atoms with E-state index in [-0.39, 0.29) is 11.3 Å². The average Bonchev–Trinajstić information content (AvgIpc) is 2.36. The average molecular weight is 248 g/mol. The molecule has 0 aliphatic rings. The van der Waals surface area contributed by atoms with Gasteiger partial charge in [0.05, 0.1) is 0 Å². The first-order valence-electron chi connectivity index (χ1n) is 5.11. The number of carbonyl (C=O) groups is 3. The lowest BCUT2D eigenvalue weighted by atomic mass is 10.2. The van der Waals surface area contributed by atoms with E-state index in [4.69, 9.17) is 4.74 Å². The summed E-state index contributed by atoms with van der Waals surface area (Å²) in [6.07, 6.45) is 0.637. The van der Waals surface area contributed by atoms with Crippen LogP contribution in [-0.2, 0) is 14.3 Å². The van der Waals surface area contributed by atoms with E-state index in [0.717, 1.165) is 0 Å². The maximum atomic E-state index is 11.3. The fourth-order valence-corrected chi connectivity index (χ4v) is 1.06. The van der Waals surface area contributed by atoms with Gasteiger partial charge in [-0.25, -0.2) is 9.59 Å². The van der Waals surface area contributed by atoms with Crippen LogP contribution >= 0.6 is 0 Å². The van der Waals surface area contributed by atoms with Gasteiger partial charge in [-0.3, -0.25) is 4.79 Å². The molecule has 1 aromatic rings. The van der Waals surface area contributed by atoms with Crippen LogP contribution in [0.5, 0.6) is 5.75 Å². The monoisotopic (exact) mass is 248 g/mol. The summed E-state index contributed by atoms with van der Waals surface area (Å²) >= 11 is 0. The molecule has 0 aliphatic heterocycles. The largest absolute Gasteiger partial charge is 0.450 e. The lowest BCUT2D eigenvalue weighted by molar-refractivity contribution is -0.150. The third kappa shape index (κ3) is 4.21. The van der Waals surface area contributed by atoms with E-state index < -0.39 is 18.5 Å². The van der Waals surface area contributed by atoms with Crippen molar-refractivity contribution in [2.24, 2.45) is 0 Å². The normalized spacial score (nSPS) is 9.39. The molecule has 0 heterocycles. The molecular weight excluding hydrogens is 236 g/mol. The van der Waals surface area contributed by atoms with E-state index in [9.17, 15) is 14.4 Å². The number of esters is 2. The van der Waals surface area contributed by atoms with Gasteiger partial charge in [0.25, 0.3) is 0 Å². The second-order valence-electron chi connectivity index (χ2n) is 3.52. The van der Waals surface area contributed by atoms with E-state index in [1.54, 1.807) is 12.1 Å². The first kappa shape index (κ1) is 13.6. The lowest BCUT2D eigenvalue weighted by Gasteiger charge is -2.05. The summed E-state index contributed by atoms with van der Waals surface area (Å²) in [6.45, 7) is 4.34. The first-order chi connectivity index (χ1) is 8.52. The Bertz CT molecular complexity index is 490. The van der Waals surface area contributed by atoms with Crippen LogP contribution in [0.25, 0.3) is 0 Å². The van der Waals surface area contributed by atoms with Crippen LogP contribution < -0.4 is 4.74 Å². The van der Waals surface area contributed by atoms with Crippen LogP contribution in [0.3, 0.4) is 0 Å². The first-order valence-corrected chi connectivity index (χ1v) is 5.11. The minimum absolute atomic E-state index is 0.200. The van der Waals surface area contributed by atoms with E-state index in [0.29, 0.717) is 11.8 Å². The molecule has 1 rings (SSSR count). The number of ether oxygens (including phenoxy) is 2.